The molecule has 1 N–H and O–H groups in total. The van der Waals surface area contributed by atoms with E-state index in [0.717, 1.165) is 18.8 Å². The van der Waals surface area contributed by atoms with Crippen LogP contribution in [-0.2, 0) is 10.0 Å². The summed E-state index contributed by atoms with van der Waals surface area (Å²) in [4.78, 5) is 17.1. The van der Waals surface area contributed by atoms with E-state index in [2.05, 4.69) is 21.8 Å². The number of amides is 1. The van der Waals surface area contributed by atoms with Gasteiger partial charge in [0.15, 0.2) is 0 Å². The fraction of sp³-hybridized carbons (Fsp3) is 0.208. The highest BCUT2D eigenvalue weighted by Gasteiger charge is 2.22. The number of rotatable bonds is 6. The van der Waals surface area contributed by atoms with Gasteiger partial charge in [0.25, 0.3) is 15.9 Å². The first-order valence-corrected chi connectivity index (χ1v) is 11.8. The topological polar surface area (TPSA) is 78.9 Å². The number of piperazine rings is 1. The average Bonchev–Trinajstić information content (AvgIpc) is 2.84. The fourth-order valence-corrected chi connectivity index (χ4v) is 4.75. The number of para-hydroxylation sites is 1. The molecule has 1 aliphatic heterocycles. The smallest absolute Gasteiger partial charge is 0.262 e. The van der Waals surface area contributed by atoms with E-state index in [1.807, 2.05) is 23.1 Å². The van der Waals surface area contributed by atoms with E-state index in [1.165, 1.54) is 19.2 Å². The SMILES string of the molecule is COc1cccc(S(=O)(=O)Nc2ccc(C(=O)N3CCN(c4ccccc4)CC3)cc2)c1. The van der Waals surface area contributed by atoms with Crippen LogP contribution in [0.2, 0.25) is 0 Å². The predicted molar refractivity (Wildman–Crippen MR) is 125 cm³/mol. The number of ether oxygens (including phenoxy) is 1. The Labute approximate surface area is 188 Å². The molecule has 0 atom stereocenters. The number of hydrogen-bond acceptors (Lipinski definition) is 5. The zero-order valence-electron chi connectivity index (χ0n) is 17.8. The molecule has 1 amide bonds. The van der Waals surface area contributed by atoms with Gasteiger partial charge in [-0.25, -0.2) is 8.42 Å². The normalized spacial score (nSPS) is 14.2. The van der Waals surface area contributed by atoms with Gasteiger partial charge in [0, 0.05) is 49.2 Å². The molecule has 8 heteroatoms. The van der Waals surface area contributed by atoms with Crippen LogP contribution in [0.5, 0.6) is 5.75 Å². The van der Waals surface area contributed by atoms with Crippen molar-refractivity contribution in [3.8, 4) is 5.75 Å². The van der Waals surface area contributed by atoms with Crippen LogP contribution < -0.4 is 14.4 Å². The van der Waals surface area contributed by atoms with E-state index < -0.39 is 10.0 Å². The van der Waals surface area contributed by atoms with E-state index in [0.29, 0.717) is 30.1 Å². The number of sulfonamides is 1. The highest BCUT2D eigenvalue weighted by molar-refractivity contribution is 7.92. The molecule has 3 aromatic rings. The molecular weight excluding hydrogens is 426 g/mol. The van der Waals surface area contributed by atoms with Crippen molar-refractivity contribution < 1.29 is 17.9 Å². The molecule has 0 bridgehead atoms. The van der Waals surface area contributed by atoms with Gasteiger partial charge >= 0.3 is 0 Å². The summed E-state index contributed by atoms with van der Waals surface area (Å²) in [6.45, 7) is 2.82. The third-order valence-corrected chi connectivity index (χ3v) is 6.80. The van der Waals surface area contributed by atoms with Crippen LogP contribution in [0.1, 0.15) is 10.4 Å². The first kappa shape index (κ1) is 21.7. The molecule has 0 aliphatic carbocycles. The van der Waals surface area contributed by atoms with Crippen molar-refractivity contribution >= 4 is 27.3 Å². The highest BCUT2D eigenvalue weighted by Crippen LogP contribution is 2.21. The molecule has 166 valence electrons. The maximum absolute atomic E-state index is 12.9. The number of carbonyl (C=O) groups is 1. The summed E-state index contributed by atoms with van der Waals surface area (Å²) in [6, 6.07) is 22.9. The van der Waals surface area contributed by atoms with Gasteiger partial charge in [0.1, 0.15) is 5.75 Å². The van der Waals surface area contributed by atoms with E-state index >= 15 is 0 Å². The Kier molecular flexibility index (Phi) is 6.32. The number of nitrogens with one attached hydrogen (secondary N) is 1. The lowest BCUT2D eigenvalue weighted by Gasteiger charge is -2.36. The molecule has 1 fully saturated rings. The Morgan fingerprint density at radius 2 is 1.56 bits per heavy atom. The fourth-order valence-electron chi connectivity index (χ4n) is 3.65. The summed E-state index contributed by atoms with van der Waals surface area (Å²) < 4.78 is 32.9. The van der Waals surface area contributed by atoms with Gasteiger partial charge in [-0.1, -0.05) is 24.3 Å². The van der Waals surface area contributed by atoms with E-state index in [1.54, 1.807) is 36.4 Å². The van der Waals surface area contributed by atoms with Crippen molar-refractivity contribution in [1.82, 2.24) is 4.90 Å². The molecular formula is C24H25N3O4S. The van der Waals surface area contributed by atoms with Crippen molar-refractivity contribution in [3.05, 3.63) is 84.4 Å². The Hall–Kier alpha value is -3.52. The van der Waals surface area contributed by atoms with Crippen LogP contribution in [0.3, 0.4) is 0 Å². The second kappa shape index (κ2) is 9.32. The minimum atomic E-state index is -3.76. The standard InChI is InChI=1S/C24H25N3O4S/c1-31-22-8-5-9-23(18-22)32(29,30)25-20-12-10-19(11-13-20)24(28)27-16-14-26(15-17-27)21-6-3-2-4-7-21/h2-13,18,25H,14-17H2,1H3. The summed E-state index contributed by atoms with van der Waals surface area (Å²) in [7, 11) is -2.28. The van der Waals surface area contributed by atoms with Crippen molar-refractivity contribution in [1.29, 1.82) is 0 Å². The number of anilines is 2. The monoisotopic (exact) mass is 451 g/mol. The lowest BCUT2D eigenvalue weighted by molar-refractivity contribution is 0.0747. The van der Waals surface area contributed by atoms with Gasteiger partial charge < -0.3 is 14.5 Å². The molecule has 0 radical (unpaired) electrons. The largest absolute Gasteiger partial charge is 0.497 e. The maximum Gasteiger partial charge on any atom is 0.262 e. The summed E-state index contributed by atoms with van der Waals surface area (Å²) in [5.41, 5.74) is 2.08. The Bertz CT molecular complexity index is 1170. The molecule has 4 rings (SSSR count). The van der Waals surface area contributed by atoms with Crippen LogP contribution in [0.4, 0.5) is 11.4 Å². The Morgan fingerprint density at radius 3 is 2.22 bits per heavy atom. The van der Waals surface area contributed by atoms with E-state index in [9.17, 15) is 13.2 Å². The second-order valence-electron chi connectivity index (χ2n) is 7.48. The third-order valence-electron chi connectivity index (χ3n) is 5.42. The predicted octanol–water partition coefficient (Wildman–Crippen LogP) is 3.46. The van der Waals surface area contributed by atoms with Gasteiger partial charge in [-0.3, -0.25) is 9.52 Å². The minimum Gasteiger partial charge on any atom is -0.497 e. The zero-order chi connectivity index (χ0) is 22.6. The van der Waals surface area contributed by atoms with Crippen LogP contribution in [0, 0.1) is 0 Å². The average molecular weight is 452 g/mol. The summed E-state index contributed by atoms with van der Waals surface area (Å²) in [6.07, 6.45) is 0. The molecule has 0 aromatic heterocycles. The first-order chi connectivity index (χ1) is 15.5. The van der Waals surface area contributed by atoms with Gasteiger partial charge in [-0.2, -0.15) is 0 Å². The second-order valence-corrected chi connectivity index (χ2v) is 9.16. The molecule has 3 aromatic carbocycles. The molecule has 7 nitrogen and oxygen atoms in total. The van der Waals surface area contributed by atoms with Gasteiger partial charge in [0.2, 0.25) is 0 Å². The molecule has 32 heavy (non-hydrogen) atoms. The number of carbonyl (C=O) groups excluding carboxylic acids is 1. The lowest BCUT2D eigenvalue weighted by atomic mass is 10.1. The third kappa shape index (κ3) is 4.86. The molecule has 1 aliphatic rings. The van der Waals surface area contributed by atoms with Crippen LogP contribution in [-0.4, -0.2) is 52.5 Å². The molecule has 0 spiro atoms. The minimum absolute atomic E-state index is 0.0556. The van der Waals surface area contributed by atoms with E-state index in [-0.39, 0.29) is 10.8 Å². The summed E-state index contributed by atoms with van der Waals surface area (Å²) >= 11 is 0. The van der Waals surface area contributed by atoms with E-state index in [4.69, 9.17) is 4.74 Å². The van der Waals surface area contributed by atoms with Gasteiger partial charge in [-0.05, 0) is 48.5 Å². The molecule has 0 unspecified atom stereocenters. The molecule has 1 heterocycles. The van der Waals surface area contributed by atoms with Crippen molar-refractivity contribution in [2.24, 2.45) is 0 Å². The number of methoxy groups -OCH3 is 1. The van der Waals surface area contributed by atoms with Crippen molar-refractivity contribution in [3.63, 3.8) is 0 Å². The number of hydrogen-bond donors (Lipinski definition) is 1. The van der Waals surface area contributed by atoms with Gasteiger partial charge in [-0.15, -0.1) is 0 Å². The summed E-state index contributed by atoms with van der Waals surface area (Å²) in [5.74, 6) is 0.404. The Morgan fingerprint density at radius 1 is 0.875 bits per heavy atom. The highest BCUT2D eigenvalue weighted by atomic mass is 32.2. The number of nitrogens with zero attached hydrogens (tertiary/aromatic N) is 2. The van der Waals surface area contributed by atoms with Crippen LogP contribution in [0.15, 0.2) is 83.8 Å². The van der Waals surface area contributed by atoms with Crippen molar-refractivity contribution in [2.45, 2.75) is 4.90 Å². The first-order valence-electron chi connectivity index (χ1n) is 10.3. The Balaban J connectivity index is 1.38. The molecule has 0 saturated carbocycles. The maximum atomic E-state index is 12.9. The van der Waals surface area contributed by atoms with Crippen LogP contribution in [0.25, 0.3) is 0 Å². The number of benzene rings is 3. The molecule has 1 saturated heterocycles. The van der Waals surface area contributed by atoms with Crippen LogP contribution >= 0.6 is 0 Å². The lowest BCUT2D eigenvalue weighted by Crippen LogP contribution is -2.48. The van der Waals surface area contributed by atoms with Gasteiger partial charge in [0.05, 0.1) is 12.0 Å². The quantitative estimate of drug-likeness (QED) is 0.621. The summed E-state index contributed by atoms with van der Waals surface area (Å²) in [5, 5.41) is 0. The zero-order valence-corrected chi connectivity index (χ0v) is 18.6. The van der Waals surface area contributed by atoms with Crippen molar-refractivity contribution in [2.75, 3.05) is 42.9 Å².